The van der Waals surface area contributed by atoms with Crippen molar-refractivity contribution in [2.45, 2.75) is 6.92 Å². The summed E-state index contributed by atoms with van der Waals surface area (Å²) in [5.41, 5.74) is 1.54. The van der Waals surface area contributed by atoms with E-state index in [0.717, 1.165) is 4.47 Å². The topological polar surface area (TPSA) is 55.2 Å². The van der Waals surface area contributed by atoms with Crippen LogP contribution < -0.4 is 0 Å². The quantitative estimate of drug-likeness (QED) is 0.810. The Balaban J connectivity index is 2.50. The van der Waals surface area contributed by atoms with Crippen molar-refractivity contribution >= 4 is 27.6 Å². The molecule has 5 nitrogen and oxygen atoms in total. The van der Waals surface area contributed by atoms with Crippen LogP contribution in [0.4, 0.5) is 0 Å². The fourth-order valence-corrected chi connectivity index (χ4v) is 2.14. The summed E-state index contributed by atoms with van der Waals surface area (Å²) in [5.74, 6) is -0.230. The SMILES string of the molecule is CC(=O)c1ccc(Br)cc1-n1ccc(C(=O)N(C)C)n1. The van der Waals surface area contributed by atoms with Gasteiger partial charge in [-0.2, -0.15) is 5.10 Å². The minimum Gasteiger partial charge on any atom is -0.343 e. The van der Waals surface area contributed by atoms with Gasteiger partial charge in [-0.05, 0) is 31.2 Å². The molecule has 0 aliphatic rings. The van der Waals surface area contributed by atoms with Gasteiger partial charge in [0.15, 0.2) is 11.5 Å². The van der Waals surface area contributed by atoms with Crippen molar-refractivity contribution in [2.24, 2.45) is 0 Å². The number of amides is 1. The molecule has 1 amide bonds. The van der Waals surface area contributed by atoms with E-state index >= 15 is 0 Å². The van der Waals surface area contributed by atoms with Gasteiger partial charge in [-0.1, -0.05) is 15.9 Å². The molecule has 0 saturated heterocycles. The van der Waals surface area contributed by atoms with Crippen LogP contribution in [0, 0.1) is 0 Å². The molecule has 1 aromatic heterocycles. The van der Waals surface area contributed by atoms with E-state index in [2.05, 4.69) is 21.0 Å². The number of halogens is 1. The summed E-state index contributed by atoms with van der Waals surface area (Å²) in [6.07, 6.45) is 1.67. The molecule has 0 unspecified atom stereocenters. The van der Waals surface area contributed by atoms with E-state index in [4.69, 9.17) is 0 Å². The van der Waals surface area contributed by atoms with Crippen LogP contribution in [0.2, 0.25) is 0 Å². The molecule has 20 heavy (non-hydrogen) atoms. The highest BCUT2D eigenvalue weighted by Gasteiger charge is 2.15. The Bertz CT molecular complexity index is 677. The van der Waals surface area contributed by atoms with Gasteiger partial charge < -0.3 is 4.90 Å². The molecule has 0 saturated carbocycles. The summed E-state index contributed by atoms with van der Waals surface area (Å²) < 4.78 is 2.38. The number of aromatic nitrogens is 2. The lowest BCUT2D eigenvalue weighted by Crippen LogP contribution is -2.22. The van der Waals surface area contributed by atoms with Crippen molar-refractivity contribution in [3.05, 3.63) is 46.2 Å². The van der Waals surface area contributed by atoms with Crippen molar-refractivity contribution in [3.63, 3.8) is 0 Å². The predicted octanol–water partition coefficient (Wildman–Crippen LogP) is 2.54. The second kappa shape index (κ2) is 5.58. The van der Waals surface area contributed by atoms with Crippen LogP contribution in [0.1, 0.15) is 27.8 Å². The molecule has 6 heteroatoms. The third-order valence-corrected chi connectivity index (χ3v) is 3.29. The summed E-state index contributed by atoms with van der Waals surface area (Å²) in [4.78, 5) is 25.0. The van der Waals surface area contributed by atoms with Crippen LogP contribution in [0.25, 0.3) is 5.69 Å². The summed E-state index contributed by atoms with van der Waals surface area (Å²) >= 11 is 3.37. The first kappa shape index (κ1) is 14.5. The molecule has 0 fully saturated rings. The molecule has 1 heterocycles. The first-order chi connectivity index (χ1) is 9.40. The lowest BCUT2D eigenvalue weighted by molar-refractivity contribution is 0.0821. The Labute approximate surface area is 125 Å². The number of benzene rings is 1. The van der Waals surface area contributed by atoms with Crippen molar-refractivity contribution in [1.29, 1.82) is 0 Å². The highest BCUT2D eigenvalue weighted by atomic mass is 79.9. The zero-order valence-electron chi connectivity index (χ0n) is 11.4. The van der Waals surface area contributed by atoms with Crippen molar-refractivity contribution in [1.82, 2.24) is 14.7 Å². The first-order valence-electron chi connectivity index (χ1n) is 5.98. The zero-order valence-corrected chi connectivity index (χ0v) is 13.0. The Hall–Kier alpha value is -1.95. The summed E-state index contributed by atoms with van der Waals surface area (Å²) in [6.45, 7) is 1.50. The number of rotatable bonds is 3. The van der Waals surface area contributed by atoms with Crippen LogP contribution in [-0.2, 0) is 0 Å². The third kappa shape index (κ3) is 2.80. The first-order valence-corrected chi connectivity index (χ1v) is 6.77. The van der Waals surface area contributed by atoms with Crippen molar-refractivity contribution in [3.8, 4) is 5.69 Å². The van der Waals surface area contributed by atoms with E-state index in [9.17, 15) is 9.59 Å². The fourth-order valence-electron chi connectivity index (χ4n) is 1.79. The van der Waals surface area contributed by atoms with E-state index in [1.807, 2.05) is 0 Å². The highest BCUT2D eigenvalue weighted by molar-refractivity contribution is 9.10. The molecule has 0 N–H and O–H groups in total. The van der Waals surface area contributed by atoms with Gasteiger partial charge >= 0.3 is 0 Å². The molecule has 104 valence electrons. The molecule has 0 radical (unpaired) electrons. The number of carbonyl (C=O) groups excluding carboxylic acids is 2. The molecule has 0 bridgehead atoms. The molecular formula is C14H14BrN3O2. The maximum Gasteiger partial charge on any atom is 0.273 e. The summed E-state index contributed by atoms with van der Waals surface area (Å²) in [6, 6.07) is 6.97. The molecule has 0 atom stereocenters. The van der Waals surface area contributed by atoms with Gasteiger partial charge in [-0.25, -0.2) is 4.68 Å². The summed E-state index contributed by atoms with van der Waals surface area (Å²) in [5, 5.41) is 4.24. The fraction of sp³-hybridized carbons (Fsp3) is 0.214. The van der Waals surface area contributed by atoms with Gasteiger partial charge in [0.2, 0.25) is 0 Å². The van der Waals surface area contributed by atoms with Crippen LogP contribution in [0.15, 0.2) is 34.9 Å². The van der Waals surface area contributed by atoms with Crippen molar-refractivity contribution < 1.29 is 9.59 Å². The lowest BCUT2D eigenvalue weighted by Gasteiger charge is -2.09. The van der Waals surface area contributed by atoms with Crippen LogP contribution in [-0.4, -0.2) is 40.5 Å². The van der Waals surface area contributed by atoms with Gasteiger partial charge in [-0.3, -0.25) is 9.59 Å². The predicted molar refractivity (Wildman–Crippen MR) is 79.3 cm³/mol. The standard InChI is InChI=1S/C14H14BrN3O2/c1-9(19)11-5-4-10(15)8-13(11)18-7-6-12(16-18)14(20)17(2)3/h4-8H,1-3H3. The molecule has 0 aliphatic heterocycles. The highest BCUT2D eigenvalue weighted by Crippen LogP contribution is 2.21. The minimum atomic E-state index is -0.178. The molecule has 2 aromatic rings. The third-order valence-electron chi connectivity index (χ3n) is 2.80. The second-order valence-corrected chi connectivity index (χ2v) is 5.48. The van der Waals surface area contributed by atoms with Gasteiger partial charge in [0.05, 0.1) is 5.69 Å². The number of hydrogen-bond acceptors (Lipinski definition) is 3. The Morgan fingerprint density at radius 1 is 1.25 bits per heavy atom. The van der Waals surface area contributed by atoms with Gasteiger partial charge in [0.1, 0.15) is 0 Å². The molecule has 2 rings (SSSR count). The monoisotopic (exact) mass is 335 g/mol. The van der Waals surface area contributed by atoms with Crippen LogP contribution in [0.3, 0.4) is 0 Å². The molecular weight excluding hydrogens is 322 g/mol. The molecule has 0 aliphatic carbocycles. The maximum atomic E-state index is 11.8. The van der Waals surface area contributed by atoms with Crippen molar-refractivity contribution in [2.75, 3.05) is 14.1 Å². The minimum absolute atomic E-state index is 0.0523. The van der Waals surface area contributed by atoms with E-state index < -0.39 is 0 Å². The van der Waals surface area contributed by atoms with E-state index in [-0.39, 0.29) is 11.7 Å². The van der Waals surface area contributed by atoms with E-state index in [0.29, 0.717) is 16.9 Å². The van der Waals surface area contributed by atoms with Crippen LogP contribution >= 0.6 is 15.9 Å². The van der Waals surface area contributed by atoms with Crippen LogP contribution in [0.5, 0.6) is 0 Å². The average molecular weight is 336 g/mol. The number of nitrogens with zero attached hydrogens (tertiary/aromatic N) is 3. The normalized spacial score (nSPS) is 10.4. The van der Waals surface area contributed by atoms with E-state index in [1.54, 1.807) is 44.6 Å². The summed E-state index contributed by atoms with van der Waals surface area (Å²) in [7, 11) is 3.34. The number of Topliss-reactive ketones (excluding diaryl/α,β-unsaturated/α-hetero) is 1. The average Bonchev–Trinajstić information content (AvgIpc) is 2.86. The Kier molecular flexibility index (Phi) is 4.04. The number of hydrogen-bond donors (Lipinski definition) is 0. The second-order valence-electron chi connectivity index (χ2n) is 4.56. The molecule has 1 aromatic carbocycles. The number of ketones is 1. The van der Waals surface area contributed by atoms with E-state index in [1.165, 1.54) is 16.5 Å². The largest absolute Gasteiger partial charge is 0.343 e. The smallest absolute Gasteiger partial charge is 0.273 e. The van der Waals surface area contributed by atoms with Gasteiger partial charge in [-0.15, -0.1) is 0 Å². The number of carbonyl (C=O) groups is 2. The lowest BCUT2D eigenvalue weighted by atomic mass is 10.1. The van der Waals surface area contributed by atoms with Gasteiger partial charge in [0.25, 0.3) is 5.91 Å². The Morgan fingerprint density at radius 2 is 1.95 bits per heavy atom. The maximum absolute atomic E-state index is 11.8. The van der Waals surface area contributed by atoms with Gasteiger partial charge in [0, 0.05) is 30.3 Å². The zero-order chi connectivity index (χ0) is 14.9. The molecule has 0 spiro atoms. The Morgan fingerprint density at radius 3 is 2.55 bits per heavy atom.